The first-order valence-electron chi connectivity index (χ1n) is 13.6. The Bertz CT molecular complexity index is 1930. The van der Waals surface area contributed by atoms with Gasteiger partial charge in [-0.2, -0.15) is 0 Å². The van der Waals surface area contributed by atoms with Gasteiger partial charge >= 0.3 is 5.97 Å². The van der Waals surface area contributed by atoms with E-state index in [9.17, 15) is 19.7 Å². The predicted molar refractivity (Wildman–Crippen MR) is 165 cm³/mol. The van der Waals surface area contributed by atoms with Gasteiger partial charge < -0.3 is 18.9 Å². The summed E-state index contributed by atoms with van der Waals surface area (Å²) >= 11 is 1.06. The average molecular weight is 616 g/mol. The van der Waals surface area contributed by atoms with Crippen molar-refractivity contribution in [3.05, 3.63) is 119 Å². The largest absolute Gasteiger partial charge is 0.497 e. The zero-order valence-corrected chi connectivity index (χ0v) is 25.3. The molecule has 1 atom stereocenters. The van der Waals surface area contributed by atoms with Gasteiger partial charge in [0.05, 0.1) is 47.5 Å². The van der Waals surface area contributed by atoms with Gasteiger partial charge in [-0.15, -0.1) is 0 Å². The number of methoxy groups -OCH3 is 2. The van der Waals surface area contributed by atoms with Crippen LogP contribution in [0.15, 0.2) is 82.1 Å². The minimum Gasteiger partial charge on any atom is -0.497 e. The number of hydrogen-bond donors (Lipinski definition) is 0. The van der Waals surface area contributed by atoms with Crippen molar-refractivity contribution >= 4 is 34.8 Å². The maximum Gasteiger partial charge on any atom is 0.338 e. The molecule has 0 fully saturated rings. The highest BCUT2D eigenvalue weighted by Gasteiger charge is 2.31. The topological polar surface area (TPSA) is 131 Å². The number of fused-ring (bicyclic) bond motifs is 1. The molecule has 0 aliphatic carbocycles. The Hall–Kier alpha value is -5.23. The highest BCUT2D eigenvalue weighted by atomic mass is 32.1. The zero-order valence-electron chi connectivity index (χ0n) is 24.4. The number of allylic oxidation sites excluding steroid dienone is 1. The van der Waals surface area contributed by atoms with E-state index in [-0.39, 0.29) is 46.1 Å². The number of hydrogen-bond acceptors (Lipinski definition) is 10. The Labute approximate surface area is 256 Å². The van der Waals surface area contributed by atoms with Gasteiger partial charge in [-0.3, -0.25) is 19.5 Å². The Morgan fingerprint density at radius 2 is 1.80 bits per heavy atom. The summed E-state index contributed by atoms with van der Waals surface area (Å²) in [4.78, 5) is 43.5. The fourth-order valence-corrected chi connectivity index (χ4v) is 5.86. The van der Waals surface area contributed by atoms with E-state index in [0.29, 0.717) is 21.8 Å². The van der Waals surface area contributed by atoms with Crippen molar-refractivity contribution < 1.29 is 28.7 Å². The van der Waals surface area contributed by atoms with Crippen molar-refractivity contribution in [3.8, 4) is 17.2 Å². The average Bonchev–Trinajstić information content (AvgIpc) is 3.35. The quantitative estimate of drug-likeness (QED) is 0.146. The third-order valence-corrected chi connectivity index (χ3v) is 7.99. The molecule has 0 radical (unpaired) electrons. The monoisotopic (exact) mass is 615 g/mol. The number of rotatable bonds is 10. The Morgan fingerprint density at radius 1 is 1.07 bits per heavy atom. The third kappa shape index (κ3) is 5.97. The van der Waals surface area contributed by atoms with Crippen molar-refractivity contribution in [2.75, 3.05) is 20.8 Å². The minimum atomic E-state index is -0.735. The van der Waals surface area contributed by atoms with Gasteiger partial charge in [0.15, 0.2) is 16.3 Å². The van der Waals surface area contributed by atoms with E-state index in [4.69, 9.17) is 23.9 Å². The first-order chi connectivity index (χ1) is 21.2. The SMILES string of the molecule is CCOC(=O)C1=C(C)n2c(s/c(=C\c3cc(OC)c(OCc4ccccc4)cc3[N+](=O)[O-])c2=O)=N[C@H]1c1ccc(OC)cc1. The van der Waals surface area contributed by atoms with Crippen molar-refractivity contribution in [3.63, 3.8) is 0 Å². The summed E-state index contributed by atoms with van der Waals surface area (Å²) < 4.78 is 23.5. The fraction of sp³-hybridized carbons (Fsp3) is 0.219. The summed E-state index contributed by atoms with van der Waals surface area (Å²) in [5.74, 6) is 0.512. The number of aromatic nitrogens is 1. The van der Waals surface area contributed by atoms with Crippen LogP contribution in [0, 0.1) is 10.1 Å². The van der Waals surface area contributed by atoms with Crippen LogP contribution in [-0.2, 0) is 16.1 Å². The van der Waals surface area contributed by atoms with E-state index in [1.54, 1.807) is 45.2 Å². The van der Waals surface area contributed by atoms with Crippen molar-refractivity contribution in [1.82, 2.24) is 4.57 Å². The first kappa shape index (κ1) is 30.2. The number of ether oxygens (including phenoxy) is 4. The van der Waals surface area contributed by atoms with E-state index >= 15 is 0 Å². The molecule has 44 heavy (non-hydrogen) atoms. The van der Waals surface area contributed by atoms with Crippen molar-refractivity contribution in [1.29, 1.82) is 0 Å². The lowest BCUT2D eigenvalue weighted by molar-refractivity contribution is -0.385. The molecule has 0 unspecified atom stereocenters. The second-order valence-corrected chi connectivity index (χ2v) is 10.7. The molecule has 0 saturated carbocycles. The standard InChI is InChI=1S/C32H29N3O8S/c1-5-42-31(37)28-19(2)34-30(36)27(44-32(34)33-29(28)21-11-13-23(40-3)14-12-21)16-22-15-25(41-4)26(17-24(22)35(38)39)43-18-20-9-7-6-8-10-20/h6-17,29H,5,18H2,1-4H3/b27-16-/t29-/m0/s1. The van der Waals surface area contributed by atoms with Gasteiger partial charge in [0.1, 0.15) is 18.4 Å². The number of benzene rings is 3. The molecule has 0 spiro atoms. The molecule has 1 aliphatic heterocycles. The molecule has 3 aromatic carbocycles. The lowest BCUT2D eigenvalue weighted by Gasteiger charge is -2.22. The lowest BCUT2D eigenvalue weighted by atomic mass is 9.96. The molecule has 0 amide bonds. The van der Waals surface area contributed by atoms with Crippen LogP contribution in [0.5, 0.6) is 17.2 Å². The molecule has 2 heterocycles. The van der Waals surface area contributed by atoms with Crippen LogP contribution >= 0.6 is 11.3 Å². The van der Waals surface area contributed by atoms with E-state index in [0.717, 1.165) is 16.9 Å². The third-order valence-electron chi connectivity index (χ3n) is 7.00. The van der Waals surface area contributed by atoms with Gasteiger partial charge in [-0.25, -0.2) is 9.79 Å². The molecule has 12 heteroatoms. The maximum atomic E-state index is 13.7. The van der Waals surface area contributed by atoms with Gasteiger partial charge in [0.25, 0.3) is 11.2 Å². The smallest absolute Gasteiger partial charge is 0.338 e. The second kappa shape index (κ2) is 13.0. The highest BCUT2D eigenvalue weighted by molar-refractivity contribution is 7.07. The summed E-state index contributed by atoms with van der Waals surface area (Å²) in [6, 6.07) is 18.5. The van der Waals surface area contributed by atoms with Gasteiger partial charge in [-0.05, 0) is 49.2 Å². The molecule has 1 aromatic heterocycles. The first-order valence-corrected chi connectivity index (χ1v) is 14.4. The van der Waals surface area contributed by atoms with Gasteiger partial charge in [-0.1, -0.05) is 53.8 Å². The predicted octanol–water partition coefficient (Wildman–Crippen LogP) is 4.41. The van der Waals surface area contributed by atoms with Crippen LogP contribution in [0.1, 0.15) is 36.6 Å². The molecule has 5 rings (SSSR count). The molecule has 11 nitrogen and oxygen atoms in total. The molecule has 0 bridgehead atoms. The Balaban J connectivity index is 1.63. The molecular weight excluding hydrogens is 586 g/mol. The summed E-state index contributed by atoms with van der Waals surface area (Å²) in [5, 5.41) is 12.1. The lowest BCUT2D eigenvalue weighted by Crippen LogP contribution is -2.35. The van der Waals surface area contributed by atoms with Crippen LogP contribution < -0.4 is 29.1 Å². The molecule has 4 aromatic rings. The molecule has 1 aliphatic rings. The van der Waals surface area contributed by atoms with Crippen LogP contribution in [0.3, 0.4) is 0 Å². The van der Waals surface area contributed by atoms with E-state index in [1.165, 1.54) is 29.9 Å². The van der Waals surface area contributed by atoms with Crippen LogP contribution in [0.4, 0.5) is 5.69 Å². The van der Waals surface area contributed by atoms with E-state index in [1.807, 2.05) is 30.3 Å². The van der Waals surface area contributed by atoms with Crippen LogP contribution in [-0.4, -0.2) is 36.3 Å². The Morgan fingerprint density at radius 3 is 2.43 bits per heavy atom. The zero-order chi connectivity index (χ0) is 31.4. The normalized spacial score (nSPS) is 14.5. The minimum absolute atomic E-state index is 0.145. The summed E-state index contributed by atoms with van der Waals surface area (Å²) in [5.41, 5.74) is 1.59. The molecular formula is C32H29N3O8S. The summed E-state index contributed by atoms with van der Waals surface area (Å²) in [6.45, 7) is 3.68. The number of esters is 1. The maximum absolute atomic E-state index is 13.7. The van der Waals surface area contributed by atoms with Crippen molar-refractivity contribution in [2.45, 2.75) is 26.5 Å². The second-order valence-electron chi connectivity index (χ2n) is 9.65. The van der Waals surface area contributed by atoms with Crippen LogP contribution in [0.25, 0.3) is 11.8 Å². The summed E-state index contributed by atoms with van der Waals surface area (Å²) in [7, 11) is 2.99. The molecule has 0 N–H and O–H groups in total. The number of thiazole rings is 1. The summed E-state index contributed by atoms with van der Waals surface area (Å²) in [6.07, 6.45) is 1.43. The van der Waals surface area contributed by atoms with Crippen molar-refractivity contribution in [2.24, 2.45) is 4.99 Å². The van der Waals surface area contributed by atoms with E-state index in [2.05, 4.69) is 0 Å². The molecule has 226 valence electrons. The van der Waals surface area contributed by atoms with Crippen LogP contribution in [0.2, 0.25) is 0 Å². The number of nitrogens with zero attached hydrogens (tertiary/aromatic N) is 3. The van der Waals surface area contributed by atoms with Gasteiger partial charge in [0.2, 0.25) is 0 Å². The molecule has 0 saturated heterocycles. The Kier molecular flexibility index (Phi) is 8.91. The number of nitro benzene ring substituents is 1. The number of nitro groups is 1. The number of carbonyl (C=O) groups excluding carboxylic acids is 1. The number of carbonyl (C=O) groups is 1. The fourth-order valence-electron chi connectivity index (χ4n) is 4.83. The van der Waals surface area contributed by atoms with Gasteiger partial charge in [0, 0.05) is 5.70 Å². The highest BCUT2D eigenvalue weighted by Crippen LogP contribution is 2.36. The van der Waals surface area contributed by atoms with E-state index < -0.39 is 22.5 Å².